The van der Waals surface area contributed by atoms with Gasteiger partial charge in [-0.3, -0.25) is 15.0 Å². The lowest BCUT2D eigenvalue weighted by molar-refractivity contribution is -0.141. The van der Waals surface area contributed by atoms with E-state index in [4.69, 9.17) is 4.74 Å². The second-order valence-electron chi connectivity index (χ2n) is 6.78. The summed E-state index contributed by atoms with van der Waals surface area (Å²) in [4.78, 5) is 18.5. The van der Waals surface area contributed by atoms with Crippen LogP contribution in [0, 0.1) is 6.92 Å². The molecule has 1 atom stereocenters. The first-order valence-electron chi connectivity index (χ1n) is 9.09. The molecular weight excluding hydrogens is 403 g/mol. The maximum atomic E-state index is 12.7. The third kappa shape index (κ3) is 4.27. The molecule has 0 saturated carbocycles. The molecule has 1 aliphatic rings. The average Bonchev–Trinajstić information content (AvgIpc) is 3.37. The molecule has 3 aromatic rings. The number of amides is 1. The number of morpholine rings is 1. The summed E-state index contributed by atoms with van der Waals surface area (Å²) < 4.78 is 44.0. The molecule has 4 rings (SSSR count). The number of hydrogen-bond donors (Lipinski definition) is 3. The summed E-state index contributed by atoms with van der Waals surface area (Å²) in [5.41, 5.74) is 0.123. The van der Waals surface area contributed by atoms with Crippen LogP contribution in [0.25, 0.3) is 0 Å². The maximum absolute atomic E-state index is 12.7. The molecule has 0 bridgehead atoms. The first-order valence-corrected chi connectivity index (χ1v) is 9.09. The minimum Gasteiger partial charge on any atom is -0.368 e. The quantitative estimate of drug-likeness (QED) is 0.597. The highest BCUT2D eigenvalue weighted by Crippen LogP contribution is 2.28. The number of halogens is 3. The zero-order valence-electron chi connectivity index (χ0n) is 15.8. The Bertz CT molecular complexity index is 1050. The Hall–Kier alpha value is -3.41. The number of aryl methyl sites for hydroxylation is 1. The van der Waals surface area contributed by atoms with Crippen LogP contribution in [0.15, 0.2) is 30.3 Å². The number of aromatic amines is 2. The molecule has 1 fully saturated rings. The van der Waals surface area contributed by atoms with Crippen LogP contribution in [-0.4, -0.2) is 55.9 Å². The molecule has 0 aliphatic carbocycles. The van der Waals surface area contributed by atoms with Gasteiger partial charge in [0.05, 0.1) is 18.8 Å². The fourth-order valence-electron chi connectivity index (χ4n) is 3.06. The van der Waals surface area contributed by atoms with Gasteiger partial charge in [-0.05, 0) is 19.1 Å². The van der Waals surface area contributed by atoms with Crippen molar-refractivity contribution in [3.05, 3.63) is 53.1 Å². The van der Waals surface area contributed by atoms with Crippen LogP contribution in [0.3, 0.4) is 0 Å². The number of rotatable bonds is 4. The Balaban J connectivity index is 1.46. The molecule has 12 heteroatoms. The largest absolute Gasteiger partial charge is 0.432 e. The van der Waals surface area contributed by atoms with Crippen LogP contribution >= 0.6 is 0 Å². The molecule has 4 heterocycles. The van der Waals surface area contributed by atoms with Crippen LogP contribution in [0.1, 0.15) is 33.7 Å². The van der Waals surface area contributed by atoms with Gasteiger partial charge in [-0.2, -0.15) is 23.4 Å². The number of carbonyl (C=O) groups excluding carboxylic acids is 1. The number of nitrogens with one attached hydrogen (secondary N) is 3. The molecule has 9 nitrogen and oxygen atoms in total. The molecule has 1 aliphatic heterocycles. The Kier molecular flexibility index (Phi) is 5.16. The van der Waals surface area contributed by atoms with Crippen molar-refractivity contribution in [2.45, 2.75) is 19.2 Å². The Morgan fingerprint density at radius 1 is 1.23 bits per heavy atom. The normalized spacial score (nSPS) is 17.2. The van der Waals surface area contributed by atoms with Crippen LogP contribution in [0.5, 0.6) is 0 Å². The summed E-state index contributed by atoms with van der Waals surface area (Å²) in [6.45, 7) is 2.49. The van der Waals surface area contributed by atoms with Crippen LogP contribution in [0.4, 0.5) is 24.8 Å². The summed E-state index contributed by atoms with van der Waals surface area (Å²) in [5.74, 6) is 0.557. The highest BCUT2D eigenvalue weighted by molar-refractivity contribution is 5.92. The van der Waals surface area contributed by atoms with Crippen molar-refractivity contribution in [2.75, 3.05) is 25.0 Å². The Labute approximate surface area is 168 Å². The number of hydrogen-bond acceptors (Lipinski definition) is 6. The van der Waals surface area contributed by atoms with Crippen LogP contribution in [0.2, 0.25) is 0 Å². The third-order valence-electron chi connectivity index (χ3n) is 4.52. The van der Waals surface area contributed by atoms with Gasteiger partial charge in [0.25, 0.3) is 5.91 Å². The topological polar surface area (TPSA) is 112 Å². The lowest BCUT2D eigenvalue weighted by Crippen LogP contribution is -2.42. The predicted molar refractivity (Wildman–Crippen MR) is 99.0 cm³/mol. The van der Waals surface area contributed by atoms with Crippen LogP contribution < -0.4 is 5.32 Å². The van der Waals surface area contributed by atoms with E-state index < -0.39 is 23.9 Å². The van der Waals surface area contributed by atoms with Crippen molar-refractivity contribution in [1.29, 1.82) is 0 Å². The van der Waals surface area contributed by atoms with Gasteiger partial charge in [0.15, 0.2) is 11.5 Å². The summed E-state index contributed by atoms with van der Waals surface area (Å²) in [7, 11) is 0. The molecule has 30 heavy (non-hydrogen) atoms. The van der Waals surface area contributed by atoms with Gasteiger partial charge in [0.1, 0.15) is 17.6 Å². The SMILES string of the molecule is Cc1cc(Nc2cccc([C@@H]3CN(C(=O)c4cc(C(F)(F)F)[nH]n4)CCO3)n2)n[nH]1. The van der Waals surface area contributed by atoms with Gasteiger partial charge < -0.3 is 15.0 Å². The van der Waals surface area contributed by atoms with Gasteiger partial charge in [-0.1, -0.05) is 6.07 Å². The number of H-pyrrole nitrogens is 2. The average molecular weight is 421 g/mol. The molecule has 158 valence electrons. The predicted octanol–water partition coefficient (Wildman–Crippen LogP) is 2.81. The van der Waals surface area contributed by atoms with Crippen molar-refractivity contribution in [1.82, 2.24) is 30.3 Å². The first kappa shape index (κ1) is 19.9. The Morgan fingerprint density at radius 2 is 2.07 bits per heavy atom. The number of pyridine rings is 1. The van der Waals surface area contributed by atoms with Crippen molar-refractivity contribution in [3.63, 3.8) is 0 Å². The van der Waals surface area contributed by atoms with E-state index >= 15 is 0 Å². The summed E-state index contributed by atoms with van der Waals surface area (Å²) in [6, 6.07) is 7.85. The van der Waals surface area contributed by atoms with Crippen molar-refractivity contribution >= 4 is 17.5 Å². The van der Waals surface area contributed by atoms with Gasteiger partial charge in [-0.25, -0.2) is 4.98 Å². The number of ether oxygens (including phenoxy) is 1. The van der Waals surface area contributed by atoms with Gasteiger partial charge in [-0.15, -0.1) is 0 Å². The van der Waals surface area contributed by atoms with E-state index in [0.717, 1.165) is 5.69 Å². The fourth-order valence-corrected chi connectivity index (χ4v) is 3.06. The molecule has 1 saturated heterocycles. The number of anilines is 2. The monoisotopic (exact) mass is 421 g/mol. The van der Waals surface area contributed by atoms with E-state index in [9.17, 15) is 18.0 Å². The fraction of sp³-hybridized carbons (Fsp3) is 0.333. The van der Waals surface area contributed by atoms with E-state index in [1.807, 2.05) is 18.1 Å². The zero-order valence-corrected chi connectivity index (χ0v) is 15.8. The van der Waals surface area contributed by atoms with Crippen molar-refractivity contribution in [2.24, 2.45) is 0 Å². The van der Waals surface area contributed by atoms with Gasteiger partial charge in [0, 0.05) is 24.4 Å². The third-order valence-corrected chi connectivity index (χ3v) is 4.52. The lowest BCUT2D eigenvalue weighted by Gasteiger charge is -2.32. The highest BCUT2D eigenvalue weighted by atomic mass is 19.4. The number of nitrogens with zero attached hydrogens (tertiary/aromatic N) is 4. The summed E-state index contributed by atoms with van der Waals surface area (Å²) >= 11 is 0. The standard InChI is InChI=1S/C18H18F3N7O2/c1-10-7-16(27-24-10)23-15-4-2-3-11(22-15)13-9-28(5-6-30-13)17(29)12-8-14(26-25-12)18(19,20)21/h2-4,7-8,13H,5-6,9H2,1H3,(H,25,26)(H2,22,23,24,27)/t13-/m0/s1. The molecule has 1 amide bonds. The number of alkyl halides is 3. The van der Waals surface area contributed by atoms with E-state index in [0.29, 0.717) is 23.4 Å². The van der Waals surface area contributed by atoms with Gasteiger partial charge in [0.2, 0.25) is 0 Å². The highest BCUT2D eigenvalue weighted by Gasteiger charge is 2.35. The molecular formula is C18H18F3N7O2. The van der Waals surface area contributed by atoms with Crippen LogP contribution in [-0.2, 0) is 10.9 Å². The molecule has 0 aromatic carbocycles. The van der Waals surface area contributed by atoms with E-state index in [2.05, 4.69) is 25.6 Å². The van der Waals surface area contributed by atoms with E-state index in [-0.39, 0.29) is 25.4 Å². The number of carbonyl (C=O) groups is 1. The molecule has 0 unspecified atom stereocenters. The Morgan fingerprint density at radius 3 is 2.77 bits per heavy atom. The molecule has 0 radical (unpaired) electrons. The second kappa shape index (κ2) is 7.78. The minimum absolute atomic E-state index is 0.144. The zero-order chi connectivity index (χ0) is 21.3. The second-order valence-corrected chi connectivity index (χ2v) is 6.78. The van der Waals surface area contributed by atoms with E-state index in [1.165, 1.54) is 4.90 Å². The van der Waals surface area contributed by atoms with Crippen molar-refractivity contribution in [3.8, 4) is 0 Å². The minimum atomic E-state index is -4.59. The number of aromatic nitrogens is 5. The smallest absolute Gasteiger partial charge is 0.368 e. The molecule has 3 N–H and O–H groups in total. The van der Waals surface area contributed by atoms with Crippen molar-refractivity contribution < 1.29 is 22.7 Å². The lowest BCUT2D eigenvalue weighted by atomic mass is 10.1. The molecule has 3 aromatic heterocycles. The maximum Gasteiger partial charge on any atom is 0.432 e. The summed E-state index contributed by atoms with van der Waals surface area (Å²) in [5, 5.41) is 15.3. The van der Waals surface area contributed by atoms with Gasteiger partial charge >= 0.3 is 6.18 Å². The first-order chi connectivity index (χ1) is 14.3. The summed E-state index contributed by atoms with van der Waals surface area (Å²) in [6.07, 6.45) is -5.12. The molecule has 0 spiro atoms. The van der Waals surface area contributed by atoms with E-state index in [1.54, 1.807) is 18.2 Å².